The summed E-state index contributed by atoms with van der Waals surface area (Å²) in [4.78, 5) is 13.8. The van der Waals surface area contributed by atoms with Crippen LogP contribution in [0.4, 0.5) is 4.79 Å². The second-order valence-electron chi connectivity index (χ2n) is 6.06. The Balaban J connectivity index is 2.23. The molecule has 1 aromatic rings. The Morgan fingerprint density at radius 1 is 1.40 bits per heavy atom. The minimum atomic E-state index is -0.560. The van der Waals surface area contributed by atoms with Crippen molar-refractivity contribution < 1.29 is 14.6 Å². The predicted molar refractivity (Wildman–Crippen MR) is 77.8 cm³/mol. The summed E-state index contributed by atoms with van der Waals surface area (Å²) in [5.41, 5.74) is 0.284. The molecule has 0 radical (unpaired) electrons. The van der Waals surface area contributed by atoms with E-state index in [-0.39, 0.29) is 12.6 Å². The number of ether oxygens (including phenoxy) is 1. The normalized spacial score (nSPS) is 22.9. The van der Waals surface area contributed by atoms with Crippen molar-refractivity contribution >= 4 is 17.7 Å². The number of hydrogen-bond acceptors (Lipinski definition) is 3. The monoisotopic (exact) mass is 297 g/mol. The van der Waals surface area contributed by atoms with Crippen LogP contribution in [0, 0.1) is 0 Å². The van der Waals surface area contributed by atoms with Gasteiger partial charge in [-0.1, -0.05) is 29.8 Å². The molecule has 20 heavy (non-hydrogen) atoms. The Morgan fingerprint density at radius 2 is 2.05 bits per heavy atom. The van der Waals surface area contributed by atoms with Crippen LogP contribution >= 0.6 is 11.6 Å². The zero-order valence-corrected chi connectivity index (χ0v) is 12.7. The summed E-state index contributed by atoms with van der Waals surface area (Å²) in [6, 6.07) is 7.14. The molecule has 0 saturated carbocycles. The first-order valence-electron chi connectivity index (χ1n) is 6.70. The van der Waals surface area contributed by atoms with Crippen molar-refractivity contribution in [2.24, 2.45) is 0 Å². The summed E-state index contributed by atoms with van der Waals surface area (Å²) < 4.78 is 5.39. The van der Waals surface area contributed by atoms with Gasteiger partial charge in [-0.05, 0) is 38.8 Å². The van der Waals surface area contributed by atoms with Crippen molar-refractivity contribution in [1.29, 1.82) is 0 Å². The lowest BCUT2D eigenvalue weighted by Crippen LogP contribution is -2.37. The van der Waals surface area contributed by atoms with Crippen LogP contribution in [0.2, 0.25) is 5.02 Å². The van der Waals surface area contributed by atoms with Gasteiger partial charge in [-0.3, -0.25) is 4.90 Å². The van der Waals surface area contributed by atoms with Crippen molar-refractivity contribution in [2.45, 2.75) is 44.9 Å². The SMILES string of the molecule is CC(C)(C)OC(=O)N1CC(O)CC1c1ccccc1Cl. The van der Waals surface area contributed by atoms with Crippen LogP contribution in [0.25, 0.3) is 0 Å². The number of carbonyl (C=O) groups is 1. The van der Waals surface area contributed by atoms with E-state index >= 15 is 0 Å². The van der Waals surface area contributed by atoms with Gasteiger partial charge in [-0.2, -0.15) is 0 Å². The number of β-amino-alcohol motifs (C(OH)–C–C–N with tert-alkyl or cyclic N) is 1. The zero-order chi connectivity index (χ0) is 14.9. The molecule has 1 N–H and O–H groups in total. The third-order valence-corrected chi connectivity index (χ3v) is 3.52. The summed E-state index contributed by atoms with van der Waals surface area (Å²) in [7, 11) is 0. The number of likely N-dealkylation sites (tertiary alicyclic amines) is 1. The highest BCUT2D eigenvalue weighted by Crippen LogP contribution is 2.36. The van der Waals surface area contributed by atoms with Crippen LogP contribution in [0.15, 0.2) is 24.3 Å². The molecule has 1 fully saturated rings. The number of benzene rings is 1. The quantitative estimate of drug-likeness (QED) is 0.864. The summed E-state index contributed by atoms with van der Waals surface area (Å²) in [6.07, 6.45) is -0.494. The molecule has 1 aliphatic rings. The van der Waals surface area contributed by atoms with E-state index in [2.05, 4.69) is 0 Å². The molecule has 1 saturated heterocycles. The van der Waals surface area contributed by atoms with Gasteiger partial charge in [0.1, 0.15) is 5.60 Å². The number of carbonyl (C=O) groups excluding carboxylic acids is 1. The van der Waals surface area contributed by atoms with Crippen LogP contribution in [0.5, 0.6) is 0 Å². The molecule has 1 heterocycles. The summed E-state index contributed by atoms with van der Waals surface area (Å²) in [5, 5.41) is 10.5. The molecular formula is C15H20ClNO3. The molecule has 0 bridgehead atoms. The van der Waals surface area contributed by atoms with Gasteiger partial charge in [-0.25, -0.2) is 4.79 Å². The predicted octanol–water partition coefficient (Wildman–Crippen LogP) is 3.38. The molecule has 110 valence electrons. The van der Waals surface area contributed by atoms with Gasteiger partial charge < -0.3 is 9.84 Å². The minimum Gasteiger partial charge on any atom is -0.444 e. The van der Waals surface area contributed by atoms with Crippen molar-refractivity contribution in [2.75, 3.05) is 6.54 Å². The lowest BCUT2D eigenvalue weighted by molar-refractivity contribution is 0.0206. The Labute approximate surface area is 124 Å². The van der Waals surface area contributed by atoms with Crippen LogP contribution < -0.4 is 0 Å². The highest BCUT2D eigenvalue weighted by Gasteiger charge is 2.38. The number of halogens is 1. The van der Waals surface area contributed by atoms with E-state index in [1.54, 1.807) is 11.0 Å². The van der Waals surface area contributed by atoms with Crippen molar-refractivity contribution in [1.82, 2.24) is 4.90 Å². The largest absolute Gasteiger partial charge is 0.444 e. The maximum absolute atomic E-state index is 12.3. The summed E-state index contributed by atoms with van der Waals surface area (Å²) in [5.74, 6) is 0. The zero-order valence-electron chi connectivity index (χ0n) is 12.0. The van der Waals surface area contributed by atoms with E-state index in [1.807, 2.05) is 39.0 Å². The number of aliphatic hydroxyl groups is 1. The molecule has 1 aromatic carbocycles. The number of hydrogen-bond donors (Lipinski definition) is 1. The lowest BCUT2D eigenvalue weighted by Gasteiger charge is -2.29. The number of aliphatic hydroxyl groups excluding tert-OH is 1. The van der Waals surface area contributed by atoms with Crippen LogP contribution in [-0.2, 0) is 4.74 Å². The average Bonchev–Trinajstić information content (AvgIpc) is 2.69. The van der Waals surface area contributed by atoms with Gasteiger partial charge in [0.25, 0.3) is 0 Å². The van der Waals surface area contributed by atoms with Gasteiger partial charge in [0, 0.05) is 5.02 Å². The molecular weight excluding hydrogens is 278 g/mol. The van der Waals surface area contributed by atoms with Gasteiger partial charge >= 0.3 is 6.09 Å². The molecule has 4 nitrogen and oxygen atoms in total. The topological polar surface area (TPSA) is 49.8 Å². The number of amides is 1. The first-order chi connectivity index (χ1) is 9.28. The third-order valence-electron chi connectivity index (χ3n) is 3.17. The second-order valence-corrected chi connectivity index (χ2v) is 6.47. The summed E-state index contributed by atoms with van der Waals surface area (Å²) >= 11 is 6.19. The van der Waals surface area contributed by atoms with Gasteiger partial charge in [-0.15, -0.1) is 0 Å². The van der Waals surface area contributed by atoms with Gasteiger partial charge in [0.15, 0.2) is 0 Å². The van der Waals surface area contributed by atoms with E-state index in [0.29, 0.717) is 11.4 Å². The van der Waals surface area contributed by atoms with Crippen molar-refractivity contribution in [3.63, 3.8) is 0 Å². The highest BCUT2D eigenvalue weighted by molar-refractivity contribution is 6.31. The highest BCUT2D eigenvalue weighted by atomic mass is 35.5. The second kappa shape index (κ2) is 5.62. The Bertz CT molecular complexity index is 498. The smallest absolute Gasteiger partial charge is 0.410 e. The molecule has 0 aliphatic carbocycles. The lowest BCUT2D eigenvalue weighted by atomic mass is 10.0. The number of rotatable bonds is 1. The van der Waals surface area contributed by atoms with E-state index in [1.165, 1.54) is 0 Å². The molecule has 5 heteroatoms. The van der Waals surface area contributed by atoms with Gasteiger partial charge in [0.2, 0.25) is 0 Å². The minimum absolute atomic E-state index is 0.242. The first-order valence-corrected chi connectivity index (χ1v) is 7.08. The first kappa shape index (κ1) is 15.1. The van der Waals surface area contributed by atoms with Crippen LogP contribution in [0.3, 0.4) is 0 Å². The van der Waals surface area contributed by atoms with E-state index in [9.17, 15) is 9.90 Å². The van der Waals surface area contributed by atoms with Crippen LogP contribution in [-0.4, -0.2) is 34.3 Å². The van der Waals surface area contributed by atoms with E-state index in [0.717, 1.165) is 5.56 Å². The maximum Gasteiger partial charge on any atom is 0.410 e. The number of nitrogens with zero attached hydrogens (tertiary/aromatic N) is 1. The molecule has 2 unspecified atom stereocenters. The molecule has 1 aliphatic heterocycles. The fourth-order valence-corrected chi connectivity index (χ4v) is 2.64. The molecule has 1 amide bonds. The molecule has 0 spiro atoms. The Hall–Kier alpha value is -1.26. The molecule has 2 rings (SSSR count). The van der Waals surface area contributed by atoms with E-state index in [4.69, 9.17) is 16.3 Å². The van der Waals surface area contributed by atoms with E-state index < -0.39 is 17.8 Å². The van der Waals surface area contributed by atoms with Gasteiger partial charge in [0.05, 0.1) is 18.7 Å². The Kier molecular flexibility index (Phi) is 4.25. The van der Waals surface area contributed by atoms with Crippen molar-refractivity contribution in [3.8, 4) is 0 Å². The maximum atomic E-state index is 12.3. The fourth-order valence-electron chi connectivity index (χ4n) is 2.38. The van der Waals surface area contributed by atoms with Crippen molar-refractivity contribution in [3.05, 3.63) is 34.9 Å². The third kappa shape index (κ3) is 3.44. The molecule has 2 atom stereocenters. The standard InChI is InChI=1S/C15H20ClNO3/c1-15(2,3)20-14(19)17-9-10(18)8-13(17)11-6-4-5-7-12(11)16/h4-7,10,13,18H,8-9H2,1-3H3. The summed E-state index contributed by atoms with van der Waals surface area (Å²) in [6.45, 7) is 5.73. The Morgan fingerprint density at radius 3 is 2.65 bits per heavy atom. The van der Waals surface area contributed by atoms with Crippen LogP contribution in [0.1, 0.15) is 38.8 Å². The fraction of sp³-hybridized carbons (Fsp3) is 0.533. The average molecular weight is 298 g/mol. The molecule has 0 aromatic heterocycles.